The summed E-state index contributed by atoms with van der Waals surface area (Å²) >= 11 is 5.78. The lowest BCUT2D eigenvalue weighted by Crippen LogP contribution is -2.21. The molecule has 2 atom stereocenters. The van der Waals surface area contributed by atoms with E-state index >= 15 is 0 Å². The fraction of sp³-hybridized carbons (Fsp3) is 0.400. The summed E-state index contributed by atoms with van der Waals surface area (Å²) in [5.74, 6) is 0.610. The van der Waals surface area contributed by atoms with E-state index in [1.165, 1.54) is 5.56 Å². The second-order valence-electron chi connectivity index (χ2n) is 3.65. The first-order chi connectivity index (χ1) is 5.63. The summed E-state index contributed by atoms with van der Waals surface area (Å²) in [6, 6.07) is 7.84. The van der Waals surface area contributed by atoms with Crippen LogP contribution in [-0.4, -0.2) is 0 Å². The predicted molar refractivity (Wildman–Crippen MR) is 51.1 cm³/mol. The summed E-state index contributed by atoms with van der Waals surface area (Å²) in [6.45, 7) is 2.18. The molecule has 0 saturated heterocycles. The Hall–Kier alpha value is -0.530. The summed E-state index contributed by atoms with van der Waals surface area (Å²) in [7, 11) is 0. The molecule has 0 amide bonds. The summed E-state index contributed by atoms with van der Waals surface area (Å²) in [5, 5.41) is 0.774. The number of nitrogens with two attached hydrogens (primary N) is 1. The molecule has 2 heteroatoms. The molecule has 2 N–H and O–H groups in total. The van der Waals surface area contributed by atoms with E-state index in [9.17, 15) is 0 Å². The van der Waals surface area contributed by atoms with Crippen molar-refractivity contribution < 1.29 is 0 Å². The van der Waals surface area contributed by atoms with Crippen LogP contribution in [0.15, 0.2) is 24.3 Å². The van der Waals surface area contributed by atoms with E-state index in [0.29, 0.717) is 5.92 Å². The normalized spacial score (nSPS) is 33.4. The average molecular weight is 182 g/mol. The van der Waals surface area contributed by atoms with Gasteiger partial charge in [0.25, 0.3) is 0 Å². The van der Waals surface area contributed by atoms with Crippen molar-refractivity contribution in [3.05, 3.63) is 34.9 Å². The van der Waals surface area contributed by atoms with Gasteiger partial charge in [0, 0.05) is 10.6 Å². The highest BCUT2D eigenvalue weighted by molar-refractivity contribution is 6.30. The van der Waals surface area contributed by atoms with Crippen molar-refractivity contribution in [3.63, 3.8) is 0 Å². The standard InChI is InChI=1S/C10H12ClN/c1-7-6-10(7,12)8-2-4-9(11)5-3-8/h2-5,7H,6,12H2,1H3/t7-,10-/m0/s1. The first-order valence-corrected chi connectivity index (χ1v) is 4.55. The van der Waals surface area contributed by atoms with Gasteiger partial charge >= 0.3 is 0 Å². The molecule has 0 radical (unpaired) electrons. The Morgan fingerprint density at radius 2 is 1.92 bits per heavy atom. The summed E-state index contributed by atoms with van der Waals surface area (Å²) < 4.78 is 0. The van der Waals surface area contributed by atoms with Crippen molar-refractivity contribution >= 4 is 11.6 Å². The lowest BCUT2D eigenvalue weighted by atomic mass is 10.0. The minimum atomic E-state index is -0.0649. The van der Waals surface area contributed by atoms with Gasteiger partial charge in [-0.05, 0) is 30.0 Å². The Bertz CT molecular complexity index is 293. The smallest absolute Gasteiger partial charge is 0.0439 e. The first kappa shape index (κ1) is 8.09. The van der Waals surface area contributed by atoms with Crippen LogP contribution in [0.3, 0.4) is 0 Å². The van der Waals surface area contributed by atoms with Crippen molar-refractivity contribution in [2.75, 3.05) is 0 Å². The van der Waals surface area contributed by atoms with Crippen LogP contribution in [0.5, 0.6) is 0 Å². The SMILES string of the molecule is C[C@H]1C[C@@]1(N)c1ccc(Cl)cc1. The van der Waals surface area contributed by atoms with Gasteiger partial charge in [-0.2, -0.15) is 0 Å². The molecule has 1 fully saturated rings. The summed E-state index contributed by atoms with van der Waals surface area (Å²) in [5.41, 5.74) is 7.26. The van der Waals surface area contributed by atoms with E-state index in [2.05, 4.69) is 6.92 Å². The molecule has 0 bridgehead atoms. The minimum Gasteiger partial charge on any atom is -0.321 e. The molecule has 64 valence electrons. The number of rotatable bonds is 1. The van der Waals surface area contributed by atoms with Crippen molar-refractivity contribution in [2.45, 2.75) is 18.9 Å². The van der Waals surface area contributed by atoms with Gasteiger partial charge in [-0.15, -0.1) is 0 Å². The average Bonchev–Trinajstić information content (AvgIpc) is 2.62. The largest absolute Gasteiger partial charge is 0.321 e. The Labute approximate surface area is 77.5 Å². The third-order valence-electron chi connectivity index (χ3n) is 2.74. The van der Waals surface area contributed by atoms with Gasteiger partial charge in [0.1, 0.15) is 0 Å². The lowest BCUT2D eigenvalue weighted by molar-refractivity contribution is 0.665. The second kappa shape index (κ2) is 2.48. The third-order valence-corrected chi connectivity index (χ3v) is 3.00. The summed E-state index contributed by atoms with van der Waals surface area (Å²) in [4.78, 5) is 0. The predicted octanol–water partition coefficient (Wildman–Crippen LogP) is 2.53. The number of benzene rings is 1. The second-order valence-corrected chi connectivity index (χ2v) is 4.09. The molecule has 1 aliphatic rings. The number of hydrogen-bond acceptors (Lipinski definition) is 1. The topological polar surface area (TPSA) is 26.0 Å². The molecule has 1 aromatic rings. The molecule has 12 heavy (non-hydrogen) atoms. The van der Waals surface area contributed by atoms with E-state index in [-0.39, 0.29) is 5.54 Å². The van der Waals surface area contributed by atoms with Gasteiger partial charge in [0.05, 0.1) is 0 Å². The van der Waals surface area contributed by atoms with Gasteiger partial charge in [-0.3, -0.25) is 0 Å². The third kappa shape index (κ3) is 1.13. The maximum absolute atomic E-state index is 6.12. The maximum Gasteiger partial charge on any atom is 0.0439 e. The van der Waals surface area contributed by atoms with Crippen molar-refractivity contribution in [1.29, 1.82) is 0 Å². The highest BCUT2D eigenvalue weighted by Crippen LogP contribution is 2.49. The Balaban J connectivity index is 2.31. The molecule has 0 aromatic heterocycles. The molecular formula is C10H12ClN. The van der Waals surface area contributed by atoms with E-state index in [0.717, 1.165) is 11.4 Å². The highest BCUT2D eigenvalue weighted by atomic mass is 35.5. The van der Waals surface area contributed by atoms with Crippen LogP contribution in [0.1, 0.15) is 18.9 Å². The Morgan fingerprint density at radius 3 is 2.33 bits per heavy atom. The van der Waals surface area contributed by atoms with Crippen molar-refractivity contribution in [3.8, 4) is 0 Å². The van der Waals surface area contributed by atoms with Gasteiger partial charge in [0.15, 0.2) is 0 Å². The van der Waals surface area contributed by atoms with Crippen LogP contribution < -0.4 is 5.73 Å². The number of hydrogen-bond donors (Lipinski definition) is 1. The van der Waals surface area contributed by atoms with Crippen molar-refractivity contribution in [1.82, 2.24) is 0 Å². The molecule has 1 aromatic carbocycles. The zero-order valence-electron chi connectivity index (χ0n) is 7.05. The quantitative estimate of drug-likeness (QED) is 0.708. The molecule has 2 rings (SSSR count). The van der Waals surface area contributed by atoms with Gasteiger partial charge in [-0.25, -0.2) is 0 Å². The number of halogens is 1. The molecule has 0 unspecified atom stereocenters. The van der Waals surface area contributed by atoms with E-state index in [4.69, 9.17) is 17.3 Å². The monoisotopic (exact) mass is 181 g/mol. The van der Waals surface area contributed by atoms with Crippen LogP contribution in [0.4, 0.5) is 0 Å². The molecule has 1 saturated carbocycles. The minimum absolute atomic E-state index is 0.0649. The van der Waals surface area contributed by atoms with Gasteiger partial charge in [0.2, 0.25) is 0 Å². The van der Waals surface area contributed by atoms with Crippen LogP contribution in [0.25, 0.3) is 0 Å². The molecule has 0 spiro atoms. The van der Waals surface area contributed by atoms with E-state index < -0.39 is 0 Å². The zero-order valence-corrected chi connectivity index (χ0v) is 7.81. The fourth-order valence-electron chi connectivity index (χ4n) is 1.61. The fourth-order valence-corrected chi connectivity index (χ4v) is 1.74. The maximum atomic E-state index is 6.12. The molecule has 0 aliphatic heterocycles. The van der Waals surface area contributed by atoms with Crippen LogP contribution >= 0.6 is 11.6 Å². The van der Waals surface area contributed by atoms with Crippen LogP contribution in [0.2, 0.25) is 5.02 Å². The van der Waals surface area contributed by atoms with E-state index in [1.807, 2.05) is 24.3 Å². The molecular weight excluding hydrogens is 170 g/mol. The van der Waals surface area contributed by atoms with Gasteiger partial charge < -0.3 is 5.73 Å². The van der Waals surface area contributed by atoms with E-state index in [1.54, 1.807) is 0 Å². The Kier molecular flexibility index (Phi) is 1.67. The highest BCUT2D eigenvalue weighted by Gasteiger charge is 2.48. The summed E-state index contributed by atoms with van der Waals surface area (Å²) in [6.07, 6.45) is 1.09. The van der Waals surface area contributed by atoms with Gasteiger partial charge in [-0.1, -0.05) is 30.7 Å². The first-order valence-electron chi connectivity index (χ1n) is 4.18. The van der Waals surface area contributed by atoms with Crippen LogP contribution in [-0.2, 0) is 5.54 Å². The zero-order chi connectivity index (χ0) is 8.77. The van der Waals surface area contributed by atoms with Crippen LogP contribution in [0, 0.1) is 5.92 Å². The Morgan fingerprint density at radius 1 is 1.42 bits per heavy atom. The van der Waals surface area contributed by atoms with Crippen molar-refractivity contribution in [2.24, 2.45) is 11.7 Å². The molecule has 0 heterocycles. The molecule has 1 aliphatic carbocycles. The lowest BCUT2D eigenvalue weighted by Gasteiger charge is -2.09. The molecule has 1 nitrogen and oxygen atoms in total.